The number of benzene rings is 2. The normalized spacial score (nSPS) is 10.6. The van der Waals surface area contributed by atoms with E-state index in [-0.39, 0.29) is 24.9 Å². The molecule has 0 atom stereocenters. The standard InChI is InChI=1S/C23H26N4O4S/c1-4-27-20(14-31-19-13-9-6-10-16(19)3)25-26-23(27)32-15-21(28)24-18-12-8-7-11-17(18)22(29)30-5-2/h6-13H,4-5,14-15H2,1-3H3,(H,24,28). The van der Waals surface area contributed by atoms with Crippen molar-refractivity contribution in [3.63, 3.8) is 0 Å². The van der Waals surface area contributed by atoms with Crippen molar-refractivity contribution in [2.75, 3.05) is 17.7 Å². The molecule has 3 aromatic rings. The second-order valence-electron chi connectivity index (χ2n) is 6.80. The van der Waals surface area contributed by atoms with Gasteiger partial charge in [-0.05, 0) is 44.5 Å². The number of amides is 1. The number of rotatable bonds is 10. The first-order valence-electron chi connectivity index (χ1n) is 10.3. The third-order valence-electron chi connectivity index (χ3n) is 4.59. The van der Waals surface area contributed by atoms with Crippen molar-refractivity contribution in [2.45, 2.75) is 39.1 Å². The summed E-state index contributed by atoms with van der Waals surface area (Å²) in [7, 11) is 0. The zero-order valence-corrected chi connectivity index (χ0v) is 19.1. The summed E-state index contributed by atoms with van der Waals surface area (Å²) >= 11 is 1.27. The quantitative estimate of drug-likeness (QED) is 0.364. The number of hydrogen-bond donors (Lipinski definition) is 1. The van der Waals surface area contributed by atoms with Gasteiger partial charge in [0.1, 0.15) is 12.4 Å². The monoisotopic (exact) mass is 454 g/mol. The number of carbonyl (C=O) groups excluding carboxylic acids is 2. The number of carbonyl (C=O) groups is 2. The third-order valence-corrected chi connectivity index (χ3v) is 5.56. The van der Waals surface area contributed by atoms with Crippen LogP contribution in [0.1, 0.15) is 35.6 Å². The Morgan fingerprint density at radius 3 is 2.56 bits per heavy atom. The number of thioether (sulfide) groups is 1. The molecule has 0 saturated heterocycles. The Labute approximate surface area is 191 Å². The van der Waals surface area contributed by atoms with Gasteiger partial charge in [0.2, 0.25) is 5.91 Å². The van der Waals surface area contributed by atoms with Gasteiger partial charge >= 0.3 is 5.97 Å². The number of para-hydroxylation sites is 2. The van der Waals surface area contributed by atoms with E-state index in [2.05, 4.69) is 15.5 Å². The molecule has 0 spiro atoms. The summed E-state index contributed by atoms with van der Waals surface area (Å²) in [4.78, 5) is 24.6. The predicted octanol–water partition coefficient (Wildman–Crippen LogP) is 4.09. The molecule has 0 aliphatic carbocycles. The van der Waals surface area contributed by atoms with Gasteiger partial charge in [0.05, 0.1) is 23.6 Å². The van der Waals surface area contributed by atoms with E-state index < -0.39 is 5.97 Å². The topological polar surface area (TPSA) is 95.3 Å². The van der Waals surface area contributed by atoms with Crippen molar-refractivity contribution in [1.82, 2.24) is 14.8 Å². The van der Waals surface area contributed by atoms with Gasteiger partial charge in [-0.3, -0.25) is 4.79 Å². The number of esters is 1. The van der Waals surface area contributed by atoms with Gasteiger partial charge in [0.25, 0.3) is 0 Å². The first-order chi connectivity index (χ1) is 15.5. The van der Waals surface area contributed by atoms with E-state index in [4.69, 9.17) is 9.47 Å². The van der Waals surface area contributed by atoms with E-state index >= 15 is 0 Å². The maximum Gasteiger partial charge on any atom is 0.340 e. The van der Waals surface area contributed by atoms with Crippen LogP contribution in [0.15, 0.2) is 53.7 Å². The van der Waals surface area contributed by atoms with E-state index in [0.29, 0.717) is 28.8 Å². The first-order valence-corrected chi connectivity index (χ1v) is 11.3. The van der Waals surface area contributed by atoms with Crippen LogP contribution in [0.3, 0.4) is 0 Å². The van der Waals surface area contributed by atoms with Crippen molar-refractivity contribution < 1.29 is 19.1 Å². The molecule has 0 saturated carbocycles. The van der Waals surface area contributed by atoms with Gasteiger partial charge < -0.3 is 19.4 Å². The molecule has 3 rings (SSSR count). The highest BCUT2D eigenvalue weighted by Gasteiger charge is 2.17. The van der Waals surface area contributed by atoms with Crippen molar-refractivity contribution in [3.05, 3.63) is 65.5 Å². The Kier molecular flexibility index (Phi) is 8.27. The molecule has 2 aromatic carbocycles. The fraction of sp³-hybridized carbons (Fsp3) is 0.304. The molecular formula is C23H26N4O4S. The smallest absolute Gasteiger partial charge is 0.340 e. The minimum absolute atomic E-state index is 0.119. The maximum atomic E-state index is 12.5. The summed E-state index contributed by atoms with van der Waals surface area (Å²) in [5.41, 5.74) is 1.78. The molecule has 32 heavy (non-hydrogen) atoms. The van der Waals surface area contributed by atoms with Crippen LogP contribution in [0.4, 0.5) is 5.69 Å². The lowest BCUT2D eigenvalue weighted by Crippen LogP contribution is -2.18. The molecule has 0 unspecified atom stereocenters. The summed E-state index contributed by atoms with van der Waals surface area (Å²) < 4.78 is 12.8. The fourth-order valence-corrected chi connectivity index (χ4v) is 3.83. The Balaban J connectivity index is 1.61. The van der Waals surface area contributed by atoms with Gasteiger partial charge in [-0.25, -0.2) is 4.79 Å². The molecule has 8 nitrogen and oxygen atoms in total. The zero-order valence-electron chi connectivity index (χ0n) is 18.3. The summed E-state index contributed by atoms with van der Waals surface area (Å²) in [6.45, 7) is 6.90. The van der Waals surface area contributed by atoms with E-state index in [1.54, 1.807) is 31.2 Å². The third kappa shape index (κ3) is 5.88. The maximum absolute atomic E-state index is 12.5. The highest BCUT2D eigenvalue weighted by molar-refractivity contribution is 7.99. The number of ether oxygens (including phenoxy) is 2. The summed E-state index contributed by atoms with van der Waals surface area (Å²) in [6, 6.07) is 14.5. The molecule has 1 heterocycles. The minimum Gasteiger partial charge on any atom is -0.485 e. The van der Waals surface area contributed by atoms with Crippen LogP contribution in [0, 0.1) is 6.92 Å². The van der Waals surface area contributed by atoms with Crippen molar-refractivity contribution in [1.29, 1.82) is 0 Å². The lowest BCUT2D eigenvalue weighted by molar-refractivity contribution is -0.113. The number of hydrogen-bond acceptors (Lipinski definition) is 7. The number of nitrogens with zero attached hydrogens (tertiary/aromatic N) is 3. The van der Waals surface area contributed by atoms with Crippen LogP contribution in [0.2, 0.25) is 0 Å². The highest BCUT2D eigenvalue weighted by atomic mass is 32.2. The molecule has 1 amide bonds. The molecular weight excluding hydrogens is 428 g/mol. The van der Waals surface area contributed by atoms with Gasteiger partial charge in [0, 0.05) is 6.54 Å². The van der Waals surface area contributed by atoms with Crippen LogP contribution in [0.25, 0.3) is 0 Å². The molecule has 0 bridgehead atoms. The number of aryl methyl sites for hydroxylation is 1. The SMILES string of the molecule is CCOC(=O)c1ccccc1NC(=O)CSc1nnc(COc2ccccc2C)n1CC. The number of nitrogens with one attached hydrogen (secondary N) is 1. The van der Waals surface area contributed by atoms with Crippen molar-refractivity contribution in [2.24, 2.45) is 0 Å². The van der Waals surface area contributed by atoms with E-state index in [9.17, 15) is 9.59 Å². The Morgan fingerprint density at radius 2 is 1.81 bits per heavy atom. The summed E-state index contributed by atoms with van der Waals surface area (Å²) in [5, 5.41) is 11.8. The average Bonchev–Trinajstić information content (AvgIpc) is 3.19. The molecule has 168 valence electrons. The minimum atomic E-state index is -0.472. The molecule has 0 aliphatic rings. The first kappa shape index (κ1) is 23.3. The van der Waals surface area contributed by atoms with Gasteiger partial charge in [-0.15, -0.1) is 10.2 Å². The molecule has 0 aliphatic heterocycles. The van der Waals surface area contributed by atoms with Gasteiger partial charge in [-0.1, -0.05) is 42.1 Å². The molecule has 0 fully saturated rings. The van der Waals surface area contributed by atoms with Gasteiger partial charge in [0.15, 0.2) is 11.0 Å². The van der Waals surface area contributed by atoms with E-state index in [1.807, 2.05) is 42.7 Å². The van der Waals surface area contributed by atoms with Crippen LogP contribution in [0.5, 0.6) is 5.75 Å². The Hall–Kier alpha value is -3.33. The van der Waals surface area contributed by atoms with Crippen LogP contribution in [-0.2, 0) is 22.7 Å². The second kappa shape index (κ2) is 11.3. The molecule has 1 aromatic heterocycles. The van der Waals surface area contributed by atoms with Crippen LogP contribution in [-0.4, -0.2) is 39.0 Å². The van der Waals surface area contributed by atoms with Gasteiger partial charge in [-0.2, -0.15) is 0 Å². The zero-order chi connectivity index (χ0) is 22.9. The lowest BCUT2D eigenvalue weighted by Gasteiger charge is -2.11. The Morgan fingerprint density at radius 1 is 1.06 bits per heavy atom. The van der Waals surface area contributed by atoms with E-state index in [0.717, 1.165) is 11.3 Å². The molecule has 9 heteroatoms. The highest BCUT2D eigenvalue weighted by Crippen LogP contribution is 2.22. The number of aromatic nitrogens is 3. The fourth-order valence-electron chi connectivity index (χ4n) is 3.01. The molecule has 0 radical (unpaired) electrons. The number of anilines is 1. The molecule has 1 N–H and O–H groups in total. The second-order valence-corrected chi connectivity index (χ2v) is 7.74. The average molecular weight is 455 g/mol. The van der Waals surface area contributed by atoms with Crippen molar-refractivity contribution in [3.8, 4) is 5.75 Å². The van der Waals surface area contributed by atoms with Crippen molar-refractivity contribution >= 4 is 29.3 Å². The van der Waals surface area contributed by atoms with Crippen LogP contribution >= 0.6 is 11.8 Å². The lowest BCUT2D eigenvalue weighted by atomic mass is 10.2. The predicted molar refractivity (Wildman–Crippen MR) is 123 cm³/mol. The summed E-state index contributed by atoms with van der Waals surface area (Å²) in [5.74, 6) is 0.877. The largest absolute Gasteiger partial charge is 0.485 e. The Bertz CT molecular complexity index is 1080. The van der Waals surface area contributed by atoms with E-state index in [1.165, 1.54) is 11.8 Å². The van der Waals surface area contributed by atoms with Crippen LogP contribution < -0.4 is 10.1 Å². The summed E-state index contributed by atoms with van der Waals surface area (Å²) in [6.07, 6.45) is 0.